The number of aromatic nitrogens is 1. The number of carbonyl (C=O) groups is 1. The Balaban J connectivity index is 2.08. The number of nitrogens with one attached hydrogen (secondary N) is 1. The van der Waals surface area contributed by atoms with E-state index < -0.39 is 15.9 Å². The molecule has 1 N–H and O–H groups in total. The van der Waals surface area contributed by atoms with Gasteiger partial charge in [-0.25, -0.2) is 18.1 Å². The van der Waals surface area contributed by atoms with E-state index in [2.05, 4.69) is 15.0 Å². The lowest BCUT2D eigenvalue weighted by atomic mass is 9.91. The number of rotatable bonds is 6. The van der Waals surface area contributed by atoms with E-state index in [0.717, 1.165) is 16.7 Å². The van der Waals surface area contributed by atoms with E-state index in [9.17, 15) is 13.2 Å². The van der Waals surface area contributed by atoms with Crippen LogP contribution in [0.3, 0.4) is 0 Å². The fourth-order valence-corrected chi connectivity index (χ4v) is 4.69. The SMILES string of the molecule is Cc1cc(C)c(Oc2nc(C(C)(C)C)ccc2C(=O)NS(=O)(=O)c2ccccc2N=[N+]=[N-])c(C)c1. The Morgan fingerprint density at radius 2 is 1.69 bits per heavy atom. The molecule has 10 heteroatoms. The minimum absolute atomic E-state index is 0.0106. The van der Waals surface area contributed by atoms with Crippen molar-refractivity contribution in [1.82, 2.24) is 9.71 Å². The molecule has 0 spiro atoms. The molecule has 3 aromatic rings. The lowest BCUT2D eigenvalue weighted by Crippen LogP contribution is -2.31. The Labute approximate surface area is 204 Å². The summed E-state index contributed by atoms with van der Waals surface area (Å²) in [5.74, 6) is -0.394. The minimum Gasteiger partial charge on any atom is -0.438 e. The number of azide groups is 1. The number of hydrogen-bond donors (Lipinski definition) is 1. The summed E-state index contributed by atoms with van der Waals surface area (Å²) >= 11 is 0. The van der Waals surface area contributed by atoms with Gasteiger partial charge in [0.1, 0.15) is 11.3 Å². The molecule has 0 aliphatic rings. The van der Waals surface area contributed by atoms with Gasteiger partial charge < -0.3 is 4.74 Å². The van der Waals surface area contributed by atoms with E-state index in [1.165, 1.54) is 30.3 Å². The Morgan fingerprint density at radius 3 is 2.29 bits per heavy atom. The lowest BCUT2D eigenvalue weighted by molar-refractivity contribution is 0.0978. The maximum atomic E-state index is 13.2. The molecule has 0 aliphatic heterocycles. The molecular formula is C25H27N5O4S. The second kappa shape index (κ2) is 9.77. The largest absolute Gasteiger partial charge is 0.438 e. The third-order valence-electron chi connectivity index (χ3n) is 5.21. The highest BCUT2D eigenvalue weighted by molar-refractivity contribution is 7.90. The number of amides is 1. The van der Waals surface area contributed by atoms with Crippen molar-refractivity contribution in [2.75, 3.05) is 0 Å². The van der Waals surface area contributed by atoms with Crippen molar-refractivity contribution in [3.05, 3.63) is 86.9 Å². The normalized spacial score (nSPS) is 11.5. The minimum atomic E-state index is -4.36. The summed E-state index contributed by atoms with van der Waals surface area (Å²) in [5, 5.41) is 3.40. The zero-order valence-corrected chi connectivity index (χ0v) is 21.3. The molecule has 0 saturated carbocycles. The molecule has 0 bridgehead atoms. The number of aryl methyl sites for hydroxylation is 3. The molecule has 3 rings (SSSR count). The van der Waals surface area contributed by atoms with Gasteiger partial charge in [0.05, 0.1) is 10.6 Å². The van der Waals surface area contributed by atoms with E-state index in [4.69, 9.17) is 10.3 Å². The third kappa shape index (κ3) is 5.79. The topological polar surface area (TPSA) is 134 Å². The van der Waals surface area contributed by atoms with Crippen LogP contribution in [0.1, 0.15) is 53.5 Å². The first-order valence-corrected chi connectivity index (χ1v) is 12.3. The number of benzene rings is 2. The Kier molecular flexibility index (Phi) is 7.19. The standard InChI is InChI=1S/C25H27N5O4S/c1-15-13-16(2)22(17(3)14-15)34-24-18(11-12-21(27-24)25(4,5)6)23(31)29-35(32,33)20-10-8-7-9-19(20)28-30-26/h7-14H,1-6H3,(H,29,31). The quantitative estimate of drug-likeness (QED) is 0.249. The number of sulfonamides is 1. The van der Waals surface area contributed by atoms with Crippen LogP contribution in [0.25, 0.3) is 10.4 Å². The first kappa shape index (κ1) is 25.7. The van der Waals surface area contributed by atoms with Gasteiger partial charge in [-0.3, -0.25) is 4.79 Å². The van der Waals surface area contributed by atoms with Crippen LogP contribution < -0.4 is 9.46 Å². The van der Waals surface area contributed by atoms with Crippen LogP contribution in [-0.2, 0) is 15.4 Å². The Hall–Kier alpha value is -3.88. The third-order valence-corrected chi connectivity index (χ3v) is 6.59. The van der Waals surface area contributed by atoms with E-state index in [1.807, 2.05) is 58.4 Å². The molecular weight excluding hydrogens is 466 g/mol. The van der Waals surface area contributed by atoms with Crippen LogP contribution in [0.4, 0.5) is 5.69 Å². The van der Waals surface area contributed by atoms with E-state index >= 15 is 0 Å². The fourth-order valence-electron chi connectivity index (χ4n) is 3.58. The van der Waals surface area contributed by atoms with Gasteiger partial charge in [-0.05, 0) is 55.6 Å². The predicted molar refractivity (Wildman–Crippen MR) is 134 cm³/mol. The monoisotopic (exact) mass is 493 g/mol. The summed E-state index contributed by atoms with van der Waals surface area (Å²) < 4.78 is 34.1. The average molecular weight is 494 g/mol. The smallest absolute Gasteiger partial charge is 0.270 e. The highest BCUT2D eigenvalue weighted by atomic mass is 32.2. The Bertz CT molecular complexity index is 1430. The highest BCUT2D eigenvalue weighted by Crippen LogP contribution is 2.33. The first-order valence-electron chi connectivity index (χ1n) is 10.8. The van der Waals surface area contributed by atoms with Crippen LogP contribution in [-0.4, -0.2) is 19.3 Å². The average Bonchev–Trinajstić information content (AvgIpc) is 2.75. The van der Waals surface area contributed by atoms with Crippen molar-refractivity contribution in [2.45, 2.75) is 51.9 Å². The van der Waals surface area contributed by atoms with Gasteiger partial charge in [0.25, 0.3) is 15.9 Å². The van der Waals surface area contributed by atoms with E-state index in [0.29, 0.717) is 11.4 Å². The summed E-state index contributed by atoms with van der Waals surface area (Å²) in [4.78, 5) is 20.1. The molecule has 1 aromatic heterocycles. The number of carbonyl (C=O) groups excluding carboxylic acids is 1. The summed E-state index contributed by atoms with van der Waals surface area (Å²) in [5.41, 5.74) is 11.7. The second-order valence-electron chi connectivity index (χ2n) is 9.22. The molecule has 1 amide bonds. The summed E-state index contributed by atoms with van der Waals surface area (Å²) in [6.07, 6.45) is 0. The number of hydrogen-bond acceptors (Lipinski definition) is 6. The van der Waals surface area contributed by atoms with Crippen LogP contribution >= 0.6 is 0 Å². The molecule has 1 heterocycles. The van der Waals surface area contributed by atoms with Crippen molar-refractivity contribution in [1.29, 1.82) is 0 Å². The van der Waals surface area contributed by atoms with Gasteiger partial charge in [-0.2, -0.15) is 0 Å². The second-order valence-corrected chi connectivity index (χ2v) is 10.9. The van der Waals surface area contributed by atoms with Crippen molar-refractivity contribution in [3.8, 4) is 11.6 Å². The summed E-state index contributed by atoms with van der Waals surface area (Å²) in [6.45, 7) is 11.7. The van der Waals surface area contributed by atoms with Gasteiger partial charge in [0.2, 0.25) is 5.88 Å². The maximum absolute atomic E-state index is 13.2. The zero-order chi connectivity index (χ0) is 26.0. The molecule has 9 nitrogen and oxygen atoms in total. The van der Waals surface area contributed by atoms with E-state index in [1.54, 1.807) is 6.07 Å². The van der Waals surface area contributed by atoms with E-state index in [-0.39, 0.29) is 27.4 Å². The first-order chi connectivity index (χ1) is 16.3. The van der Waals surface area contributed by atoms with Crippen LogP contribution in [0.2, 0.25) is 0 Å². The van der Waals surface area contributed by atoms with Crippen molar-refractivity contribution in [3.63, 3.8) is 0 Å². The van der Waals surface area contributed by atoms with Gasteiger partial charge in [-0.15, -0.1) is 0 Å². The van der Waals surface area contributed by atoms with Gasteiger partial charge >= 0.3 is 0 Å². The van der Waals surface area contributed by atoms with Crippen molar-refractivity contribution < 1.29 is 17.9 Å². The zero-order valence-electron chi connectivity index (χ0n) is 20.4. The van der Waals surface area contributed by atoms with Gasteiger partial charge in [-0.1, -0.05) is 61.8 Å². The summed E-state index contributed by atoms with van der Waals surface area (Å²) in [7, 11) is -4.36. The Morgan fingerprint density at radius 1 is 1.06 bits per heavy atom. The molecule has 0 saturated heterocycles. The molecule has 0 unspecified atom stereocenters. The maximum Gasteiger partial charge on any atom is 0.270 e. The van der Waals surface area contributed by atoms with Crippen molar-refractivity contribution >= 4 is 21.6 Å². The number of ether oxygens (including phenoxy) is 1. The predicted octanol–water partition coefficient (Wildman–Crippen LogP) is 6.16. The molecule has 0 aliphatic carbocycles. The molecule has 2 aromatic carbocycles. The molecule has 0 radical (unpaired) electrons. The van der Waals surface area contributed by atoms with Crippen molar-refractivity contribution in [2.24, 2.45) is 5.11 Å². The highest BCUT2D eigenvalue weighted by Gasteiger charge is 2.26. The molecule has 182 valence electrons. The molecule has 0 fully saturated rings. The summed E-state index contributed by atoms with van der Waals surface area (Å²) in [6, 6.07) is 12.6. The van der Waals surface area contributed by atoms with Crippen LogP contribution in [0.5, 0.6) is 11.6 Å². The van der Waals surface area contributed by atoms with Crippen LogP contribution in [0, 0.1) is 20.8 Å². The van der Waals surface area contributed by atoms with Gasteiger partial charge in [0.15, 0.2) is 0 Å². The van der Waals surface area contributed by atoms with Gasteiger partial charge in [0, 0.05) is 16.0 Å². The number of pyridine rings is 1. The number of nitrogens with zero attached hydrogens (tertiary/aromatic N) is 4. The molecule has 35 heavy (non-hydrogen) atoms. The fraction of sp³-hybridized carbons (Fsp3) is 0.280. The molecule has 0 atom stereocenters. The lowest BCUT2D eigenvalue weighted by Gasteiger charge is -2.21. The van der Waals surface area contributed by atoms with Crippen LogP contribution in [0.15, 0.2) is 58.5 Å².